The van der Waals surface area contributed by atoms with Crippen molar-refractivity contribution in [3.8, 4) is 0 Å². The second-order valence-electron chi connectivity index (χ2n) is 5.33. The monoisotopic (exact) mass is 339 g/mol. The van der Waals surface area contributed by atoms with E-state index >= 15 is 0 Å². The molecule has 0 aliphatic heterocycles. The van der Waals surface area contributed by atoms with Gasteiger partial charge in [-0.25, -0.2) is 4.39 Å². The van der Waals surface area contributed by atoms with Gasteiger partial charge in [0.05, 0.1) is 6.54 Å². The second kappa shape index (κ2) is 12.7. The van der Waals surface area contributed by atoms with Gasteiger partial charge in [-0.3, -0.25) is 4.99 Å². The van der Waals surface area contributed by atoms with E-state index in [1.165, 1.54) is 12.1 Å². The van der Waals surface area contributed by atoms with E-state index in [1.54, 1.807) is 19.2 Å². The van der Waals surface area contributed by atoms with E-state index in [0.717, 1.165) is 50.7 Å². The molecule has 0 aromatic heterocycles. The smallest absolute Gasteiger partial charge is 0.191 e. The Balaban J connectivity index is 2.48. The van der Waals surface area contributed by atoms with Crippen molar-refractivity contribution in [2.45, 2.75) is 32.8 Å². The summed E-state index contributed by atoms with van der Waals surface area (Å²) < 4.78 is 23.8. The maximum atomic E-state index is 13.0. The lowest BCUT2D eigenvalue weighted by Crippen LogP contribution is -2.38. The molecule has 1 aromatic rings. The van der Waals surface area contributed by atoms with Crippen molar-refractivity contribution < 1.29 is 13.9 Å². The Labute approximate surface area is 144 Å². The fourth-order valence-electron chi connectivity index (χ4n) is 2.19. The normalized spacial score (nSPS) is 12.9. The van der Waals surface area contributed by atoms with Crippen LogP contribution < -0.4 is 10.6 Å². The van der Waals surface area contributed by atoms with Gasteiger partial charge in [-0.1, -0.05) is 12.1 Å². The number of rotatable bonds is 11. The standard InChI is InChI=1S/C18H30FN3O2/c1-4-20-18(21-12-6-7-13-24-5-2)22-14-17(23-3)15-8-10-16(19)11-9-15/h8-11,17H,4-7,12-14H2,1-3H3,(H2,20,21,22). The Morgan fingerprint density at radius 1 is 1.17 bits per heavy atom. The Kier molecular flexibility index (Phi) is 10.8. The highest BCUT2D eigenvalue weighted by Crippen LogP contribution is 2.17. The average molecular weight is 339 g/mol. The van der Waals surface area contributed by atoms with Gasteiger partial charge in [0.15, 0.2) is 5.96 Å². The molecule has 0 radical (unpaired) electrons. The Bertz CT molecular complexity index is 466. The molecule has 1 atom stereocenters. The molecule has 136 valence electrons. The van der Waals surface area contributed by atoms with Crippen LogP contribution in [0.1, 0.15) is 38.4 Å². The van der Waals surface area contributed by atoms with E-state index in [4.69, 9.17) is 9.47 Å². The molecule has 0 saturated heterocycles. The first-order chi connectivity index (χ1) is 11.7. The maximum absolute atomic E-state index is 13.0. The van der Waals surface area contributed by atoms with Gasteiger partial charge in [-0.15, -0.1) is 0 Å². The fourth-order valence-corrected chi connectivity index (χ4v) is 2.19. The predicted octanol–water partition coefficient (Wildman–Crippen LogP) is 2.89. The number of nitrogens with one attached hydrogen (secondary N) is 2. The zero-order valence-corrected chi connectivity index (χ0v) is 15.0. The van der Waals surface area contributed by atoms with E-state index in [0.29, 0.717) is 6.54 Å². The van der Waals surface area contributed by atoms with Crippen molar-refractivity contribution in [3.05, 3.63) is 35.6 Å². The minimum Gasteiger partial charge on any atom is -0.382 e. The topological polar surface area (TPSA) is 54.9 Å². The average Bonchev–Trinajstić information content (AvgIpc) is 2.59. The highest BCUT2D eigenvalue weighted by Gasteiger charge is 2.10. The summed E-state index contributed by atoms with van der Waals surface area (Å²) in [4.78, 5) is 4.56. The molecule has 0 fully saturated rings. The van der Waals surface area contributed by atoms with Crippen LogP contribution in [0.25, 0.3) is 0 Å². The quantitative estimate of drug-likeness (QED) is 0.370. The minimum atomic E-state index is -0.251. The summed E-state index contributed by atoms with van der Waals surface area (Å²) in [6.45, 7) is 7.69. The Morgan fingerprint density at radius 2 is 1.92 bits per heavy atom. The molecule has 6 heteroatoms. The number of hydrogen-bond acceptors (Lipinski definition) is 3. The van der Waals surface area contributed by atoms with E-state index in [9.17, 15) is 4.39 Å². The van der Waals surface area contributed by atoms with Crippen LogP contribution in [0, 0.1) is 5.82 Å². The SMILES string of the molecule is CCNC(=NCC(OC)c1ccc(F)cc1)NCCCCOCC. The first-order valence-electron chi connectivity index (χ1n) is 8.59. The zero-order valence-electron chi connectivity index (χ0n) is 15.0. The zero-order chi connectivity index (χ0) is 17.6. The molecular formula is C18H30FN3O2. The summed E-state index contributed by atoms with van der Waals surface area (Å²) >= 11 is 0. The summed E-state index contributed by atoms with van der Waals surface area (Å²) in [7, 11) is 1.64. The molecule has 1 rings (SSSR count). The molecule has 5 nitrogen and oxygen atoms in total. The van der Waals surface area contributed by atoms with Crippen LogP contribution in [0.3, 0.4) is 0 Å². The molecule has 0 heterocycles. The van der Waals surface area contributed by atoms with Crippen molar-refractivity contribution in [1.29, 1.82) is 0 Å². The molecule has 1 unspecified atom stereocenters. The van der Waals surface area contributed by atoms with Crippen LogP contribution in [0.2, 0.25) is 0 Å². The number of ether oxygens (including phenoxy) is 2. The number of halogens is 1. The van der Waals surface area contributed by atoms with Crippen LogP contribution in [-0.4, -0.2) is 45.9 Å². The van der Waals surface area contributed by atoms with Gasteiger partial charge >= 0.3 is 0 Å². The third kappa shape index (κ3) is 8.26. The molecular weight excluding hydrogens is 309 g/mol. The summed E-state index contributed by atoms with van der Waals surface area (Å²) in [6, 6.07) is 6.33. The Hall–Kier alpha value is -1.66. The third-order valence-corrected chi connectivity index (χ3v) is 3.50. The number of aliphatic imine (C=N–C) groups is 1. The predicted molar refractivity (Wildman–Crippen MR) is 95.9 cm³/mol. The summed E-state index contributed by atoms with van der Waals surface area (Å²) in [5, 5.41) is 6.52. The molecule has 0 aliphatic carbocycles. The van der Waals surface area contributed by atoms with Crippen molar-refractivity contribution in [1.82, 2.24) is 10.6 Å². The van der Waals surface area contributed by atoms with Gasteiger partial charge in [0, 0.05) is 33.4 Å². The number of hydrogen-bond donors (Lipinski definition) is 2. The minimum absolute atomic E-state index is 0.195. The van der Waals surface area contributed by atoms with Crippen LogP contribution in [0.4, 0.5) is 4.39 Å². The number of unbranched alkanes of at least 4 members (excludes halogenated alkanes) is 1. The third-order valence-electron chi connectivity index (χ3n) is 3.50. The molecule has 24 heavy (non-hydrogen) atoms. The second-order valence-corrected chi connectivity index (χ2v) is 5.33. The van der Waals surface area contributed by atoms with Crippen molar-refractivity contribution in [2.24, 2.45) is 4.99 Å². The summed E-state index contributed by atoms with van der Waals surface area (Å²) in [5.41, 5.74) is 0.912. The van der Waals surface area contributed by atoms with E-state index in [1.807, 2.05) is 13.8 Å². The number of guanidine groups is 1. The molecule has 0 saturated carbocycles. The maximum Gasteiger partial charge on any atom is 0.191 e. The lowest BCUT2D eigenvalue weighted by atomic mass is 10.1. The van der Waals surface area contributed by atoms with Gasteiger partial charge in [0.25, 0.3) is 0 Å². The first kappa shape index (κ1) is 20.4. The van der Waals surface area contributed by atoms with Crippen molar-refractivity contribution >= 4 is 5.96 Å². The van der Waals surface area contributed by atoms with E-state index in [-0.39, 0.29) is 11.9 Å². The molecule has 0 amide bonds. The summed E-state index contributed by atoms with van der Waals surface area (Å²) in [6.07, 6.45) is 1.85. The van der Waals surface area contributed by atoms with Gasteiger partial charge in [-0.05, 0) is 44.4 Å². The van der Waals surface area contributed by atoms with Crippen LogP contribution in [0.15, 0.2) is 29.3 Å². The van der Waals surface area contributed by atoms with Gasteiger partial charge in [0.1, 0.15) is 11.9 Å². The summed E-state index contributed by atoms with van der Waals surface area (Å²) in [5.74, 6) is 0.511. The molecule has 0 aliphatic rings. The van der Waals surface area contributed by atoms with Gasteiger partial charge in [0.2, 0.25) is 0 Å². The van der Waals surface area contributed by atoms with E-state index < -0.39 is 0 Å². The molecule has 0 bridgehead atoms. The van der Waals surface area contributed by atoms with Crippen LogP contribution in [0.5, 0.6) is 0 Å². The molecule has 2 N–H and O–H groups in total. The lowest BCUT2D eigenvalue weighted by Gasteiger charge is -2.16. The van der Waals surface area contributed by atoms with Crippen LogP contribution in [-0.2, 0) is 9.47 Å². The first-order valence-corrected chi connectivity index (χ1v) is 8.59. The Morgan fingerprint density at radius 3 is 2.54 bits per heavy atom. The van der Waals surface area contributed by atoms with Crippen molar-refractivity contribution in [3.63, 3.8) is 0 Å². The molecule has 0 spiro atoms. The van der Waals surface area contributed by atoms with Gasteiger partial charge in [-0.2, -0.15) is 0 Å². The van der Waals surface area contributed by atoms with Gasteiger partial charge < -0.3 is 20.1 Å². The lowest BCUT2D eigenvalue weighted by molar-refractivity contribution is 0.111. The largest absolute Gasteiger partial charge is 0.382 e. The van der Waals surface area contributed by atoms with Crippen molar-refractivity contribution in [2.75, 3.05) is 40.0 Å². The van der Waals surface area contributed by atoms with Crippen LogP contribution >= 0.6 is 0 Å². The fraction of sp³-hybridized carbons (Fsp3) is 0.611. The van der Waals surface area contributed by atoms with E-state index in [2.05, 4.69) is 15.6 Å². The number of benzene rings is 1. The number of nitrogens with zero attached hydrogens (tertiary/aromatic N) is 1. The highest BCUT2D eigenvalue weighted by atomic mass is 19.1. The molecule has 1 aromatic carbocycles. The highest BCUT2D eigenvalue weighted by molar-refractivity contribution is 5.79. The number of methoxy groups -OCH3 is 1.